The first-order valence-electron chi connectivity index (χ1n) is 6.79. The number of anilines is 1. The summed E-state index contributed by atoms with van der Waals surface area (Å²) in [5, 5.41) is 12.9. The normalized spacial score (nSPS) is 19.6. The van der Waals surface area contributed by atoms with Crippen molar-refractivity contribution < 1.29 is 23.1 Å². The molecule has 0 amide bonds. The second kappa shape index (κ2) is 5.15. The molecule has 0 saturated carbocycles. The number of alkyl halides is 3. The smallest absolute Gasteiger partial charge is 0.408 e. The van der Waals surface area contributed by atoms with Crippen molar-refractivity contribution in [1.82, 2.24) is 14.6 Å². The Morgan fingerprint density at radius 1 is 1.36 bits per heavy atom. The Bertz CT molecular complexity index is 713. The van der Waals surface area contributed by atoms with Crippen LogP contribution in [0.3, 0.4) is 0 Å². The molecule has 0 unspecified atom stereocenters. The van der Waals surface area contributed by atoms with Crippen LogP contribution in [-0.2, 0) is 0 Å². The second-order valence-corrected chi connectivity index (χ2v) is 5.16. The van der Waals surface area contributed by atoms with Gasteiger partial charge in [-0.25, -0.2) is 14.3 Å². The van der Waals surface area contributed by atoms with E-state index in [2.05, 4.69) is 10.1 Å². The van der Waals surface area contributed by atoms with E-state index in [9.17, 15) is 18.0 Å². The average molecular weight is 314 g/mol. The summed E-state index contributed by atoms with van der Waals surface area (Å²) < 4.78 is 40.7. The number of nitrogens with zero attached hydrogens (tertiary/aromatic N) is 4. The van der Waals surface area contributed by atoms with Crippen molar-refractivity contribution in [2.24, 2.45) is 0 Å². The minimum atomic E-state index is -4.34. The number of carboxylic acid groups (broad SMARTS) is 1. The van der Waals surface area contributed by atoms with E-state index < -0.39 is 18.2 Å². The van der Waals surface area contributed by atoms with Gasteiger partial charge in [-0.2, -0.15) is 18.3 Å². The van der Waals surface area contributed by atoms with Gasteiger partial charge < -0.3 is 10.0 Å². The molecule has 6 nitrogen and oxygen atoms in total. The number of carbonyl (C=O) groups is 1. The van der Waals surface area contributed by atoms with Crippen molar-refractivity contribution in [3.63, 3.8) is 0 Å². The summed E-state index contributed by atoms with van der Waals surface area (Å²) in [4.78, 5) is 16.4. The van der Waals surface area contributed by atoms with Crippen LogP contribution in [0.1, 0.15) is 29.6 Å². The predicted octanol–water partition coefficient (Wildman–Crippen LogP) is 2.35. The average Bonchev–Trinajstić information content (AvgIpc) is 2.89. The van der Waals surface area contributed by atoms with Crippen LogP contribution in [0.2, 0.25) is 0 Å². The molecule has 3 rings (SSSR count). The van der Waals surface area contributed by atoms with Gasteiger partial charge in [-0.3, -0.25) is 0 Å². The number of hydrogen-bond acceptors (Lipinski definition) is 4. The molecule has 1 aliphatic heterocycles. The molecule has 1 N–H and O–H groups in total. The number of piperidine rings is 1. The summed E-state index contributed by atoms with van der Waals surface area (Å²) in [5.74, 6) is -1.09. The molecule has 0 radical (unpaired) electrons. The third-order valence-electron chi connectivity index (χ3n) is 3.76. The summed E-state index contributed by atoms with van der Waals surface area (Å²) in [5.41, 5.74) is -0.0982. The molecule has 0 aromatic carbocycles. The summed E-state index contributed by atoms with van der Waals surface area (Å²) in [7, 11) is 0. The van der Waals surface area contributed by atoms with E-state index in [-0.39, 0.29) is 30.0 Å². The Hall–Kier alpha value is -2.32. The van der Waals surface area contributed by atoms with Gasteiger partial charge >= 0.3 is 12.1 Å². The number of fused-ring (bicyclic) bond motifs is 1. The number of hydrogen-bond donors (Lipinski definition) is 1. The van der Waals surface area contributed by atoms with Crippen molar-refractivity contribution >= 4 is 17.4 Å². The van der Waals surface area contributed by atoms with Gasteiger partial charge in [0, 0.05) is 12.7 Å². The molecule has 22 heavy (non-hydrogen) atoms. The van der Waals surface area contributed by atoms with E-state index >= 15 is 0 Å². The predicted molar refractivity (Wildman–Crippen MR) is 71.0 cm³/mol. The molecular weight excluding hydrogens is 301 g/mol. The van der Waals surface area contributed by atoms with Gasteiger partial charge in [0.2, 0.25) is 0 Å². The van der Waals surface area contributed by atoms with Gasteiger partial charge in [0.1, 0.15) is 17.4 Å². The molecule has 1 fully saturated rings. The molecule has 0 bridgehead atoms. The van der Waals surface area contributed by atoms with Crippen molar-refractivity contribution in [2.45, 2.75) is 31.5 Å². The minimum absolute atomic E-state index is 0.0153. The van der Waals surface area contributed by atoms with E-state index in [0.717, 1.165) is 6.20 Å². The first kappa shape index (κ1) is 14.6. The Morgan fingerprint density at radius 2 is 2.14 bits per heavy atom. The topological polar surface area (TPSA) is 70.7 Å². The maximum absolute atomic E-state index is 13.2. The van der Waals surface area contributed by atoms with E-state index in [4.69, 9.17) is 5.11 Å². The fourth-order valence-electron chi connectivity index (χ4n) is 2.72. The highest BCUT2D eigenvalue weighted by atomic mass is 19.4. The van der Waals surface area contributed by atoms with Crippen molar-refractivity contribution in [3.05, 3.63) is 24.0 Å². The number of aromatic nitrogens is 3. The van der Waals surface area contributed by atoms with Gasteiger partial charge in [-0.1, -0.05) is 0 Å². The van der Waals surface area contributed by atoms with E-state index in [1.54, 1.807) is 0 Å². The Kier molecular flexibility index (Phi) is 3.42. The minimum Gasteiger partial charge on any atom is -0.477 e. The molecule has 1 atom stereocenters. The zero-order valence-electron chi connectivity index (χ0n) is 11.4. The molecule has 0 spiro atoms. The molecule has 0 aliphatic carbocycles. The zero-order valence-corrected chi connectivity index (χ0v) is 11.4. The molecule has 1 saturated heterocycles. The largest absolute Gasteiger partial charge is 0.477 e. The fourth-order valence-corrected chi connectivity index (χ4v) is 2.72. The van der Waals surface area contributed by atoms with Crippen molar-refractivity contribution in [1.29, 1.82) is 0 Å². The first-order valence-corrected chi connectivity index (χ1v) is 6.79. The van der Waals surface area contributed by atoms with Crippen LogP contribution in [-0.4, -0.2) is 44.4 Å². The monoisotopic (exact) mass is 314 g/mol. The molecule has 2 aromatic heterocycles. The molecule has 1 aliphatic rings. The van der Waals surface area contributed by atoms with E-state index in [0.29, 0.717) is 12.8 Å². The van der Waals surface area contributed by atoms with Gasteiger partial charge in [0.05, 0.1) is 6.20 Å². The van der Waals surface area contributed by atoms with Gasteiger partial charge in [-0.15, -0.1) is 0 Å². The number of carboxylic acids is 1. The van der Waals surface area contributed by atoms with Crippen LogP contribution in [0, 0.1) is 0 Å². The first-order chi connectivity index (χ1) is 10.4. The lowest BCUT2D eigenvalue weighted by Crippen LogP contribution is -2.49. The zero-order chi connectivity index (χ0) is 15.9. The van der Waals surface area contributed by atoms with Crippen LogP contribution in [0.4, 0.5) is 19.0 Å². The highest BCUT2D eigenvalue weighted by Gasteiger charge is 2.45. The molecule has 9 heteroatoms. The van der Waals surface area contributed by atoms with Gasteiger partial charge in [0.25, 0.3) is 0 Å². The summed E-state index contributed by atoms with van der Waals surface area (Å²) in [6.07, 6.45) is -0.621. The van der Waals surface area contributed by atoms with Gasteiger partial charge in [-0.05, 0) is 25.3 Å². The third-order valence-corrected chi connectivity index (χ3v) is 3.76. The van der Waals surface area contributed by atoms with Crippen LogP contribution < -0.4 is 4.90 Å². The van der Waals surface area contributed by atoms with Crippen molar-refractivity contribution in [2.75, 3.05) is 11.4 Å². The summed E-state index contributed by atoms with van der Waals surface area (Å²) in [6.45, 7) is 0.240. The van der Waals surface area contributed by atoms with Crippen molar-refractivity contribution in [3.8, 4) is 0 Å². The standard InChI is InChI=1S/C13H13F3N4O2/c14-13(15,16)9-3-1-2-5-19(9)10-4-6-20-11(18-10)8(7-17-20)12(21)22/h4,6-7,9H,1-3,5H2,(H,21,22)/t9-/m0/s1. The fraction of sp³-hybridized carbons (Fsp3) is 0.462. The SMILES string of the molecule is O=C(O)c1cnn2ccc(N3CCCC[C@H]3C(F)(F)F)nc12. The maximum Gasteiger partial charge on any atom is 0.408 e. The Balaban J connectivity index is 2.04. The van der Waals surface area contributed by atoms with Crippen LogP contribution in [0.25, 0.3) is 5.65 Å². The second-order valence-electron chi connectivity index (χ2n) is 5.16. The highest BCUT2D eigenvalue weighted by molar-refractivity contribution is 5.94. The van der Waals surface area contributed by atoms with Crippen LogP contribution in [0.15, 0.2) is 18.5 Å². The molecule has 118 valence electrons. The van der Waals surface area contributed by atoms with Crippen LogP contribution >= 0.6 is 0 Å². The Morgan fingerprint density at radius 3 is 2.82 bits per heavy atom. The molecular formula is C13H13F3N4O2. The van der Waals surface area contributed by atoms with E-state index in [1.807, 2.05) is 0 Å². The number of aromatic carboxylic acids is 1. The summed E-state index contributed by atoms with van der Waals surface area (Å²) in [6, 6.07) is -0.164. The lowest BCUT2D eigenvalue weighted by molar-refractivity contribution is -0.152. The van der Waals surface area contributed by atoms with Gasteiger partial charge in [0.15, 0.2) is 5.65 Å². The lowest BCUT2D eigenvalue weighted by atomic mass is 10.0. The Labute approximate surface area is 123 Å². The number of rotatable bonds is 2. The lowest BCUT2D eigenvalue weighted by Gasteiger charge is -2.37. The van der Waals surface area contributed by atoms with E-state index in [1.165, 1.54) is 21.7 Å². The third kappa shape index (κ3) is 2.46. The maximum atomic E-state index is 13.2. The molecule has 2 aromatic rings. The number of halogens is 3. The highest BCUT2D eigenvalue weighted by Crippen LogP contribution is 2.34. The molecule has 3 heterocycles. The quantitative estimate of drug-likeness (QED) is 0.921. The van der Waals surface area contributed by atoms with Crippen LogP contribution in [0.5, 0.6) is 0 Å². The summed E-state index contributed by atoms with van der Waals surface area (Å²) >= 11 is 0.